The van der Waals surface area contributed by atoms with E-state index in [1.165, 1.54) is 11.8 Å². The molecule has 1 saturated heterocycles. The molecular formula is C24H21Cl2N3O2. The van der Waals surface area contributed by atoms with Crippen LogP contribution in [0.3, 0.4) is 0 Å². The van der Waals surface area contributed by atoms with Gasteiger partial charge in [-0.25, -0.2) is 4.79 Å². The predicted octanol–water partition coefficient (Wildman–Crippen LogP) is 5.85. The van der Waals surface area contributed by atoms with Gasteiger partial charge in [0.2, 0.25) is 5.91 Å². The van der Waals surface area contributed by atoms with E-state index in [-0.39, 0.29) is 11.9 Å². The largest absolute Gasteiger partial charge is 0.331 e. The molecule has 1 aliphatic heterocycles. The number of nitrogens with zero attached hydrogens (tertiary/aromatic N) is 3. The molecule has 2 aromatic carbocycles. The van der Waals surface area contributed by atoms with Gasteiger partial charge in [-0.05, 0) is 54.3 Å². The fourth-order valence-electron chi connectivity index (χ4n) is 4.17. The Bertz CT molecular complexity index is 1120. The Morgan fingerprint density at radius 2 is 1.74 bits per heavy atom. The van der Waals surface area contributed by atoms with E-state index in [1.807, 2.05) is 49.5 Å². The van der Waals surface area contributed by atoms with Crippen LogP contribution in [0.1, 0.15) is 19.4 Å². The molecular weight excluding hydrogens is 433 g/mol. The molecule has 1 atom stereocenters. The van der Waals surface area contributed by atoms with Crippen LogP contribution in [0.15, 0.2) is 67.0 Å². The van der Waals surface area contributed by atoms with Gasteiger partial charge in [-0.1, -0.05) is 53.5 Å². The molecule has 0 aliphatic carbocycles. The lowest BCUT2D eigenvalue weighted by molar-refractivity contribution is -0.128. The first-order valence-electron chi connectivity index (χ1n) is 9.84. The van der Waals surface area contributed by atoms with Crippen molar-refractivity contribution < 1.29 is 9.59 Å². The number of carbonyl (C=O) groups excluding carboxylic acids is 2. The number of halogens is 2. The van der Waals surface area contributed by atoms with Crippen molar-refractivity contribution in [3.63, 3.8) is 0 Å². The molecule has 1 aliphatic rings. The van der Waals surface area contributed by atoms with Gasteiger partial charge in [0, 0.05) is 35.1 Å². The van der Waals surface area contributed by atoms with Gasteiger partial charge in [-0.2, -0.15) is 0 Å². The molecule has 1 fully saturated rings. The molecule has 0 unspecified atom stereocenters. The summed E-state index contributed by atoms with van der Waals surface area (Å²) in [5, 5.41) is 0.869. The third-order valence-corrected chi connectivity index (χ3v) is 5.90. The SMILES string of the molecule is CC(=O)N1C(=O)N(c2cc(Cl)cc(Cl)c2)C[C@@]1(C)Cc1ccc(-c2cccnc2)cc1. The minimum absolute atomic E-state index is 0.296. The highest BCUT2D eigenvalue weighted by atomic mass is 35.5. The highest BCUT2D eigenvalue weighted by Crippen LogP contribution is 2.36. The summed E-state index contributed by atoms with van der Waals surface area (Å²) in [7, 11) is 0. The zero-order chi connectivity index (χ0) is 22.2. The normalized spacial score (nSPS) is 18.5. The van der Waals surface area contributed by atoms with Gasteiger partial charge in [0.15, 0.2) is 0 Å². The van der Waals surface area contributed by atoms with Crippen LogP contribution < -0.4 is 4.90 Å². The first kappa shape index (κ1) is 21.3. The van der Waals surface area contributed by atoms with Crippen molar-refractivity contribution >= 4 is 40.8 Å². The van der Waals surface area contributed by atoms with Gasteiger partial charge < -0.3 is 0 Å². The molecule has 3 aromatic rings. The van der Waals surface area contributed by atoms with E-state index in [1.54, 1.807) is 29.3 Å². The quantitative estimate of drug-likeness (QED) is 0.497. The Morgan fingerprint density at radius 1 is 1.06 bits per heavy atom. The third kappa shape index (κ3) is 4.29. The minimum Gasteiger partial charge on any atom is -0.291 e. The number of hydrogen-bond acceptors (Lipinski definition) is 3. The molecule has 0 bridgehead atoms. The number of carbonyl (C=O) groups is 2. The van der Waals surface area contributed by atoms with Crippen molar-refractivity contribution in [2.45, 2.75) is 25.8 Å². The fraction of sp³-hybridized carbons (Fsp3) is 0.208. The second kappa shape index (κ2) is 8.33. The monoisotopic (exact) mass is 453 g/mol. The number of imide groups is 1. The lowest BCUT2D eigenvalue weighted by Crippen LogP contribution is -2.48. The van der Waals surface area contributed by atoms with E-state index in [0.29, 0.717) is 28.7 Å². The lowest BCUT2D eigenvalue weighted by Gasteiger charge is -2.31. The summed E-state index contributed by atoms with van der Waals surface area (Å²) in [6.45, 7) is 3.68. The van der Waals surface area contributed by atoms with Crippen LogP contribution in [0.4, 0.5) is 10.5 Å². The minimum atomic E-state index is -0.715. The Balaban J connectivity index is 1.63. The van der Waals surface area contributed by atoms with Crippen LogP contribution >= 0.6 is 23.2 Å². The Hall–Kier alpha value is -2.89. The summed E-state index contributed by atoms with van der Waals surface area (Å²) in [6, 6.07) is 16.6. The molecule has 4 rings (SSSR count). The summed E-state index contributed by atoms with van der Waals surface area (Å²) in [4.78, 5) is 32.6. The van der Waals surface area contributed by atoms with Crippen LogP contribution in [0.5, 0.6) is 0 Å². The van der Waals surface area contributed by atoms with Crippen molar-refractivity contribution in [2.24, 2.45) is 0 Å². The standard InChI is InChI=1S/C24H21Cl2N3O2/c1-16(30)29-23(31)28(22-11-20(25)10-21(26)12-22)15-24(29,2)13-17-5-7-18(8-6-17)19-4-3-9-27-14-19/h3-12,14H,13,15H2,1-2H3/t24-/m1/s1. The smallest absolute Gasteiger partial charge is 0.291 e. The number of benzene rings is 2. The third-order valence-electron chi connectivity index (χ3n) is 5.47. The Morgan fingerprint density at radius 3 is 2.32 bits per heavy atom. The van der Waals surface area contributed by atoms with Crippen LogP contribution in [0.2, 0.25) is 10.0 Å². The summed E-state index contributed by atoms with van der Waals surface area (Å²) in [5.74, 6) is -0.296. The topological polar surface area (TPSA) is 53.5 Å². The summed E-state index contributed by atoms with van der Waals surface area (Å²) in [5.41, 5.74) is 2.98. The fourth-order valence-corrected chi connectivity index (χ4v) is 4.68. The molecule has 1 aromatic heterocycles. The molecule has 0 saturated carbocycles. The highest BCUT2D eigenvalue weighted by Gasteiger charge is 2.49. The number of anilines is 1. The van der Waals surface area contributed by atoms with Crippen molar-refractivity contribution in [2.75, 3.05) is 11.4 Å². The molecule has 7 heteroatoms. The second-order valence-electron chi connectivity index (χ2n) is 7.96. The maximum absolute atomic E-state index is 13.2. The van der Waals surface area contributed by atoms with Crippen LogP contribution in [0.25, 0.3) is 11.1 Å². The predicted molar refractivity (Wildman–Crippen MR) is 124 cm³/mol. The number of hydrogen-bond donors (Lipinski definition) is 0. The van der Waals surface area contributed by atoms with E-state index in [9.17, 15) is 9.59 Å². The lowest BCUT2D eigenvalue weighted by atomic mass is 9.91. The zero-order valence-corrected chi connectivity index (χ0v) is 18.7. The maximum atomic E-state index is 13.2. The number of pyridine rings is 1. The average Bonchev–Trinajstić information content (AvgIpc) is 2.99. The van der Waals surface area contributed by atoms with Gasteiger partial charge in [-0.15, -0.1) is 0 Å². The molecule has 31 heavy (non-hydrogen) atoms. The number of urea groups is 1. The van der Waals surface area contributed by atoms with Crippen molar-refractivity contribution in [3.05, 3.63) is 82.6 Å². The number of rotatable bonds is 4. The van der Waals surface area contributed by atoms with Gasteiger partial charge in [0.1, 0.15) is 0 Å². The first-order chi connectivity index (χ1) is 14.8. The molecule has 2 heterocycles. The maximum Gasteiger partial charge on any atom is 0.331 e. The summed E-state index contributed by atoms with van der Waals surface area (Å²) < 4.78 is 0. The summed E-state index contributed by atoms with van der Waals surface area (Å²) >= 11 is 12.3. The van der Waals surface area contributed by atoms with Crippen LogP contribution in [-0.4, -0.2) is 33.9 Å². The Labute approximate surface area is 191 Å². The summed E-state index contributed by atoms with van der Waals surface area (Å²) in [6.07, 6.45) is 4.08. The average molecular weight is 454 g/mol. The van der Waals surface area contributed by atoms with Gasteiger partial charge in [0.25, 0.3) is 0 Å². The van der Waals surface area contributed by atoms with Gasteiger partial charge in [-0.3, -0.25) is 19.6 Å². The Kier molecular flexibility index (Phi) is 5.73. The molecule has 3 amide bonds. The van der Waals surface area contributed by atoms with E-state index >= 15 is 0 Å². The van der Waals surface area contributed by atoms with E-state index < -0.39 is 5.54 Å². The molecule has 0 N–H and O–H groups in total. The van der Waals surface area contributed by atoms with Crippen LogP contribution in [0, 0.1) is 0 Å². The number of amides is 3. The first-order valence-corrected chi connectivity index (χ1v) is 10.6. The number of aromatic nitrogens is 1. The molecule has 5 nitrogen and oxygen atoms in total. The van der Waals surface area contributed by atoms with E-state index in [2.05, 4.69) is 4.98 Å². The van der Waals surface area contributed by atoms with Gasteiger partial charge in [0.05, 0.1) is 12.1 Å². The molecule has 0 radical (unpaired) electrons. The van der Waals surface area contributed by atoms with Crippen molar-refractivity contribution in [1.29, 1.82) is 0 Å². The van der Waals surface area contributed by atoms with Crippen molar-refractivity contribution in [1.82, 2.24) is 9.88 Å². The van der Waals surface area contributed by atoms with Crippen molar-refractivity contribution in [3.8, 4) is 11.1 Å². The molecule has 0 spiro atoms. The highest BCUT2D eigenvalue weighted by molar-refractivity contribution is 6.35. The van der Waals surface area contributed by atoms with Crippen LogP contribution in [-0.2, 0) is 11.2 Å². The van der Waals surface area contributed by atoms with E-state index in [0.717, 1.165) is 16.7 Å². The van der Waals surface area contributed by atoms with E-state index in [4.69, 9.17) is 23.2 Å². The second-order valence-corrected chi connectivity index (χ2v) is 8.84. The zero-order valence-electron chi connectivity index (χ0n) is 17.2. The molecule has 158 valence electrons. The van der Waals surface area contributed by atoms with Gasteiger partial charge >= 0.3 is 6.03 Å².